The first-order valence-electron chi connectivity index (χ1n) is 5.41. The van der Waals surface area contributed by atoms with Gasteiger partial charge in [0.2, 0.25) is 0 Å². The summed E-state index contributed by atoms with van der Waals surface area (Å²) in [5.74, 6) is 0. The fraction of sp³-hybridized carbons (Fsp3) is 0.538. The second-order valence-electron chi connectivity index (χ2n) is 5.00. The zero-order valence-corrected chi connectivity index (χ0v) is 11.6. The molecule has 0 saturated carbocycles. The Morgan fingerprint density at radius 3 is 2.40 bits per heavy atom. The third kappa shape index (κ3) is 3.05. The topological polar surface area (TPSA) is 26.0 Å². The Balaban J connectivity index is 3.17. The molecule has 0 aliphatic heterocycles. The molecule has 84 valence electrons. The predicted octanol–water partition coefficient (Wildman–Crippen LogP) is 4.16. The Hall–Kier alpha value is -0.340. The van der Waals surface area contributed by atoms with Gasteiger partial charge < -0.3 is 5.73 Å². The molecule has 1 nitrogen and oxygen atoms in total. The SMILES string of the molecule is CCC(N)c1cc(C(C)(C)C)ccc1Br. The number of hydrogen-bond donors (Lipinski definition) is 1. The Bertz CT molecular complexity index is 339. The van der Waals surface area contributed by atoms with Crippen molar-refractivity contribution in [2.45, 2.75) is 45.6 Å². The highest BCUT2D eigenvalue weighted by atomic mass is 79.9. The van der Waals surface area contributed by atoms with Crippen molar-refractivity contribution in [2.24, 2.45) is 5.73 Å². The van der Waals surface area contributed by atoms with Crippen molar-refractivity contribution in [3.63, 3.8) is 0 Å². The predicted molar refractivity (Wildman–Crippen MR) is 70.1 cm³/mol. The third-order valence-electron chi connectivity index (χ3n) is 2.70. The summed E-state index contributed by atoms with van der Waals surface area (Å²) in [5, 5.41) is 0. The average molecular weight is 270 g/mol. The highest BCUT2D eigenvalue weighted by Crippen LogP contribution is 2.30. The largest absolute Gasteiger partial charge is 0.324 e. The summed E-state index contributed by atoms with van der Waals surface area (Å²) >= 11 is 3.56. The molecule has 1 atom stereocenters. The Labute approximate surface area is 101 Å². The molecule has 0 saturated heterocycles. The molecule has 0 radical (unpaired) electrons. The standard InChI is InChI=1S/C13H20BrN/c1-5-12(15)10-8-9(13(2,3)4)6-7-11(10)14/h6-8,12H,5,15H2,1-4H3. The van der Waals surface area contributed by atoms with Crippen molar-refractivity contribution in [3.8, 4) is 0 Å². The van der Waals surface area contributed by atoms with Crippen LogP contribution in [-0.2, 0) is 5.41 Å². The van der Waals surface area contributed by atoms with Gasteiger partial charge in [0.05, 0.1) is 0 Å². The van der Waals surface area contributed by atoms with Gasteiger partial charge in [-0.15, -0.1) is 0 Å². The molecule has 0 fully saturated rings. The van der Waals surface area contributed by atoms with Crippen molar-refractivity contribution in [1.29, 1.82) is 0 Å². The van der Waals surface area contributed by atoms with Crippen LogP contribution in [0.4, 0.5) is 0 Å². The van der Waals surface area contributed by atoms with Crippen molar-refractivity contribution in [2.75, 3.05) is 0 Å². The molecular weight excluding hydrogens is 250 g/mol. The lowest BCUT2D eigenvalue weighted by Crippen LogP contribution is -2.14. The molecule has 0 bridgehead atoms. The third-order valence-corrected chi connectivity index (χ3v) is 3.42. The van der Waals surface area contributed by atoms with E-state index >= 15 is 0 Å². The van der Waals surface area contributed by atoms with Crippen LogP contribution in [0.5, 0.6) is 0 Å². The van der Waals surface area contributed by atoms with E-state index in [0.29, 0.717) is 0 Å². The van der Waals surface area contributed by atoms with Crippen molar-refractivity contribution >= 4 is 15.9 Å². The maximum Gasteiger partial charge on any atom is 0.0303 e. The van der Waals surface area contributed by atoms with Gasteiger partial charge in [0.15, 0.2) is 0 Å². The zero-order valence-electron chi connectivity index (χ0n) is 9.97. The fourth-order valence-corrected chi connectivity index (χ4v) is 2.05. The van der Waals surface area contributed by atoms with Crippen LogP contribution in [-0.4, -0.2) is 0 Å². The Kier molecular flexibility index (Phi) is 3.96. The van der Waals surface area contributed by atoms with E-state index in [0.717, 1.165) is 10.9 Å². The summed E-state index contributed by atoms with van der Waals surface area (Å²) in [5.41, 5.74) is 8.81. The quantitative estimate of drug-likeness (QED) is 0.858. The maximum atomic E-state index is 6.08. The van der Waals surface area contributed by atoms with Gasteiger partial charge in [0.25, 0.3) is 0 Å². The van der Waals surface area contributed by atoms with E-state index < -0.39 is 0 Å². The van der Waals surface area contributed by atoms with E-state index in [1.165, 1.54) is 11.1 Å². The molecular formula is C13H20BrN. The molecule has 1 unspecified atom stereocenters. The summed E-state index contributed by atoms with van der Waals surface area (Å²) in [6.07, 6.45) is 0.964. The van der Waals surface area contributed by atoms with Gasteiger partial charge in [0, 0.05) is 10.5 Å². The van der Waals surface area contributed by atoms with E-state index in [9.17, 15) is 0 Å². The van der Waals surface area contributed by atoms with Crippen LogP contribution >= 0.6 is 15.9 Å². The molecule has 0 amide bonds. The van der Waals surface area contributed by atoms with Crippen molar-refractivity contribution in [1.82, 2.24) is 0 Å². The minimum absolute atomic E-state index is 0.127. The number of hydrogen-bond acceptors (Lipinski definition) is 1. The molecule has 1 aromatic rings. The lowest BCUT2D eigenvalue weighted by molar-refractivity contribution is 0.586. The lowest BCUT2D eigenvalue weighted by atomic mass is 9.85. The molecule has 2 heteroatoms. The first-order chi connectivity index (χ1) is 6.86. The van der Waals surface area contributed by atoms with E-state index in [1.807, 2.05) is 0 Å². The summed E-state index contributed by atoms with van der Waals surface area (Å²) < 4.78 is 1.12. The number of nitrogens with two attached hydrogens (primary N) is 1. The van der Waals surface area contributed by atoms with Crippen molar-refractivity contribution < 1.29 is 0 Å². The van der Waals surface area contributed by atoms with Gasteiger partial charge in [-0.05, 0) is 29.0 Å². The monoisotopic (exact) mass is 269 g/mol. The smallest absolute Gasteiger partial charge is 0.0303 e. The summed E-state index contributed by atoms with van der Waals surface area (Å²) in [6, 6.07) is 6.61. The maximum absolute atomic E-state index is 6.08. The minimum Gasteiger partial charge on any atom is -0.324 e. The molecule has 15 heavy (non-hydrogen) atoms. The Morgan fingerprint density at radius 1 is 1.33 bits per heavy atom. The van der Waals surface area contributed by atoms with Crippen LogP contribution in [0.3, 0.4) is 0 Å². The number of benzene rings is 1. The van der Waals surface area contributed by atoms with Gasteiger partial charge in [0.1, 0.15) is 0 Å². The molecule has 0 aliphatic carbocycles. The fourth-order valence-electron chi connectivity index (χ4n) is 1.51. The highest BCUT2D eigenvalue weighted by molar-refractivity contribution is 9.10. The molecule has 1 aromatic carbocycles. The molecule has 0 aromatic heterocycles. The van der Waals surface area contributed by atoms with Gasteiger partial charge in [-0.25, -0.2) is 0 Å². The van der Waals surface area contributed by atoms with Crippen LogP contribution in [0.25, 0.3) is 0 Å². The summed E-state index contributed by atoms with van der Waals surface area (Å²) in [4.78, 5) is 0. The summed E-state index contributed by atoms with van der Waals surface area (Å²) in [6.45, 7) is 8.77. The van der Waals surface area contributed by atoms with Crippen LogP contribution in [0.15, 0.2) is 22.7 Å². The van der Waals surface area contributed by atoms with Gasteiger partial charge in [-0.2, -0.15) is 0 Å². The molecule has 0 spiro atoms. The second kappa shape index (κ2) is 4.67. The normalized spacial score (nSPS) is 14.0. The average Bonchev–Trinajstić information content (AvgIpc) is 2.15. The minimum atomic E-state index is 0.127. The number of halogens is 1. The second-order valence-corrected chi connectivity index (χ2v) is 5.86. The zero-order chi connectivity index (χ0) is 11.6. The molecule has 0 heterocycles. The molecule has 1 rings (SSSR count). The number of rotatable bonds is 2. The highest BCUT2D eigenvalue weighted by Gasteiger charge is 2.16. The summed E-state index contributed by atoms with van der Waals surface area (Å²) in [7, 11) is 0. The van der Waals surface area contributed by atoms with Crippen LogP contribution < -0.4 is 5.73 Å². The van der Waals surface area contributed by atoms with E-state index in [2.05, 4.69) is 61.8 Å². The van der Waals surface area contributed by atoms with Crippen molar-refractivity contribution in [3.05, 3.63) is 33.8 Å². The van der Waals surface area contributed by atoms with Crippen LogP contribution in [0.2, 0.25) is 0 Å². The van der Waals surface area contributed by atoms with E-state index in [-0.39, 0.29) is 11.5 Å². The first kappa shape index (κ1) is 12.7. The van der Waals surface area contributed by atoms with Gasteiger partial charge in [-0.1, -0.05) is 55.8 Å². The van der Waals surface area contributed by atoms with Gasteiger partial charge in [-0.3, -0.25) is 0 Å². The van der Waals surface area contributed by atoms with E-state index in [1.54, 1.807) is 0 Å². The molecule has 2 N–H and O–H groups in total. The van der Waals surface area contributed by atoms with E-state index in [4.69, 9.17) is 5.73 Å². The molecule has 0 aliphatic rings. The lowest BCUT2D eigenvalue weighted by Gasteiger charge is -2.22. The Morgan fingerprint density at radius 2 is 1.93 bits per heavy atom. The van der Waals surface area contributed by atoms with Crippen LogP contribution in [0.1, 0.15) is 51.3 Å². The van der Waals surface area contributed by atoms with Crippen LogP contribution in [0, 0.1) is 0 Å². The first-order valence-corrected chi connectivity index (χ1v) is 6.21. The van der Waals surface area contributed by atoms with Gasteiger partial charge >= 0.3 is 0 Å².